The van der Waals surface area contributed by atoms with Gasteiger partial charge in [-0.2, -0.15) is 0 Å². The van der Waals surface area contributed by atoms with Gasteiger partial charge in [-0.05, 0) is 50.1 Å². The Bertz CT molecular complexity index is 407. The van der Waals surface area contributed by atoms with Gasteiger partial charge in [-0.3, -0.25) is 0 Å². The van der Waals surface area contributed by atoms with Gasteiger partial charge in [-0.1, -0.05) is 13.0 Å². The molecule has 0 spiro atoms. The number of nitrogens with one attached hydrogen (secondary N) is 1. The molecule has 0 aromatic heterocycles. The predicted octanol–water partition coefficient (Wildman–Crippen LogP) is 2.96. The molecule has 0 amide bonds. The van der Waals surface area contributed by atoms with Gasteiger partial charge in [0.1, 0.15) is 11.4 Å². The van der Waals surface area contributed by atoms with Crippen molar-refractivity contribution in [2.24, 2.45) is 0 Å². The molecular formula is C14H20FNO. The summed E-state index contributed by atoms with van der Waals surface area (Å²) in [5.74, 6) is -0.189. The molecule has 2 rings (SSSR count). The highest BCUT2D eigenvalue weighted by Crippen LogP contribution is 2.39. The van der Waals surface area contributed by atoms with Crippen molar-refractivity contribution in [2.75, 3.05) is 6.54 Å². The van der Waals surface area contributed by atoms with Gasteiger partial charge in [0.2, 0.25) is 0 Å². The first-order valence-electron chi connectivity index (χ1n) is 6.24. The minimum absolute atomic E-state index is 0.189. The Morgan fingerprint density at radius 3 is 3.00 bits per heavy atom. The molecule has 1 aliphatic rings. The van der Waals surface area contributed by atoms with Gasteiger partial charge in [0.25, 0.3) is 0 Å². The third-order valence-corrected chi connectivity index (χ3v) is 3.66. The quantitative estimate of drug-likeness (QED) is 0.869. The highest BCUT2D eigenvalue weighted by molar-refractivity contribution is 5.36. The van der Waals surface area contributed by atoms with E-state index >= 15 is 0 Å². The maximum Gasteiger partial charge on any atom is 0.123 e. The van der Waals surface area contributed by atoms with Gasteiger partial charge < -0.3 is 10.1 Å². The lowest BCUT2D eigenvalue weighted by molar-refractivity contribution is -0.0470. The van der Waals surface area contributed by atoms with Crippen LogP contribution < -0.4 is 5.32 Å². The van der Waals surface area contributed by atoms with E-state index in [1.807, 2.05) is 6.07 Å². The minimum Gasteiger partial charge on any atom is -0.364 e. The standard InChI is InChI=1S/C14H20FNO/c1-4-7-16-10(2)14(3)13-6-5-12(15)8-11(13)9-17-14/h5-6,8,10,16H,4,7,9H2,1-3H3/t10-,14+/m1/s1. The van der Waals surface area contributed by atoms with Crippen LogP contribution in [0.5, 0.6) is 0 Å². The van der Waals surface area contributed by atoms with Crippen LogP contribution >= 0.6 is 0 Å². The highest BCUT2D eigenvalue weighted by atomic mass is 19.1. The second kappa shape index (κ2) is 4.75. The predicted molar refractivity (Wildman–Crippen MR) is 66.3 cm³/mol. The molecule has 0 aliphatic carbocycles. The van der Waals surface area contributed by atoms with Crippen LogP contribution in [0.1, 0.15) is 38.3 Å². The Hall–Kier alpha value is -0.930. The fourth-order valence-electron chi connectivity index (χ4n) is 2.39. The van der Waals surface area contributed by atoms with Crippen molar-refractivity contribution in [1.82, 2.24) is 5.32 Å². The van der Waals surface area contributed by atoms with Crippen LogP contribution in [0.2, 0.25) is 0 Å². The second-order valence-electron chi connectivity index (χ2n) is 4.87. The summed E-state index contributed by atoms with van der Waals surface area (Å²) >= 11 is 0. The van der Waals surface area contributed by atoms with E-state index in [1.165, 1.54) is 6.07 Å². The molecule has 1 aliphatic heterocycles. The maximum absolute atomic E-state index is 13.1. The number of hydrogen-bond acceptors (Lipinski definition) is 2. The number of benzene rings is 1. The van der Waals surface area contributed by atoms with Crippen molar-refractivity contribution < 1.29 is 9.13 Å². The molecule has 0 radical (unpaired) electrons. The van der Waals surface area contributed by atoms with Crippen molar-refractivity contribution in [2.45, 2.75) is 45.4 Å². The summed E-state index contributed by atoms with van der Waals surface area (Å²) in [5.41, 5.74) is 1.73. The third kappa shape index (κ3) is 2.22. The third-order valence-electron chi connectivity index (χ3n) is 3.66. The summed E-state index contributed by atoms with van der Waals surface area (Å²) in [5, 5.41) is 3.45. The monoisotopic (exact) mass is 237 g/mol. The Morgan fingerprint density at radius 1 is 1.53 bits per heavy atom. The number of halogens is 1. The number of fused-ring (bicyclic) bond motifs is 1. The SMILES string of the molecule is CCCN[C@H](C)[C@]1(C)OCc2cc(F)ccc21. The first-order chi connectivity index (χ1) is 8.08. The summed E-state index contributed by atoms with van der Waals surface area (Å²) in [4.78, 5) is 0. The van der Waals surface area contributed by atoms with Crippen molar-refractivity contribution >= 4 is 0 Å². The van der Waals surface area contributed by atoms with E-state index in [0.29, 0.717) is 6.61 Å². The van der Waals surface area contributed by atoms with Gasteiger partial charge >= 0.3 is 0 Å². The Labute approximate surface area is 102 Å². The fraction of sp³-hybridized carbons (Fsp3) is 0.571. The zero-order valence-electron chi connectivity index (χ0n) is 10.7. The van der Waals surface area contributed by atoms with Gasteiger partial charge in [0.15, 0.2) is 0 Å². The van der Waals surface area contributed by atoms with Gasteiger partial charge in [0, 0.05) is 6.04 Å². The van der Waals surface area contributed by atoms with Crippen LogP contribution in [-0.4, -0.2) is 12.6 Å². The number of hydrogen-bond donors (Lipinski definition) is 1. The van der Waals surface area contributed by atoms with Crippen molar-refractivity contribution in [3.8, 4) is 0 Å². The molecule has 1 aromatic carbocycles. The van der Waals surface area contributed by atoms with Gasteiger partial charge in [0.05, 0.1) is 6.61 Å². The smallest absolute Gasteiger partial charge is 0.123 e. The molecule has 2 atom stereocenters. The topological polar surface area (TPSA) is 21.3 Å². The van der Waals surface area contributed by atoms with Gasteiger partial charge in [-0.25, -0.2) is 4.39 Å². The molecule has 3 heteroatoms. The van der Waals surface area contributed by atoms with Crippen LogP contribution in [-0.2, 0) is 16.9 Å². The van der Waals surface area contributed by atoms with E-state index in [-0.39, 0.29) is 17.5 Å². The van der Waals surface area contributed by atoms with Crippen LogP contribution in [0.3, 0.4) is 0 Å². The molecule has 1 N–H and O–H groups in total. The van der Waals surface area contributed by atoms with Crippen LogP contribution in [0.15, 0.2) is 18.2 Å². The van der Waals surface area contributed by atoms with E-state index in [9.17, 15) is 4.39 Å². The zero-order chi connectivity index (χ0) is 12.5. The van der Waals surface area contributed by atoms with Crippen LogP contribution in [0.25, 0.3) is 0 Å². The first-order valence-corrected chi connectivity index (χ1v) is 6.24. The number of rotatable bonds is 4. The molecule has 17 heavy (non-hydrogen) atoms. The largest absolute Gasteiger partial charge is 0.364 e. The lowest BCUT2D eigenvalue weighted by Crippen LogP contribution is -2.44. The Balaban J connectivity index is 2.24. The molecule has 94 valence electrons. The first kappa shape index (κ1) is 12.5. The Morgan fingerprint density at radius 2 is 2.29 bits per heavy atom. The molecular weight excluding hydrogens is 217 g/mol. The fourth-order valence-corrected chi connectivity index (χ4v) is 2.39. The van der Waals surface area contributed by atoms with Crippen LogP contribution in [0, 0.1) is 5.82 Å². The molecule has 1 heterocycles. The lowest BCUT2D eigenvalue weighted by atomic mass is 9.88. The van der Waals surface area contributed by atoms with E-state index in [1.54, 1.807) is 6.07 Å². The van der Waals surface area contributed by atoms with Crippen molar-refractivity contribution in [3.63, 3.8) is 0 Å². The molecule has 1 aromatic rings. The summed E-state index contributed by atoms with van der Waals surface area (Å²) in [6.07, 6.45) is 1.09. The average molecular weight is 237 g/mol. The van der Waals surface area contributed by atoms with E-state index in [4.69, 9.17) is 4.74 Å². The van der Waals surface area contributed by atoms with E-state index in [0.717, 1.165) is 24.1 Å². The average Bonchev–Trinajstić information content (AvgIpc) is 2.64. The molecule has 2 nitrogen and oxygen atoms in total. The second-order valence-corrected chi connectivity index (χ2v) is 4.87. The molecule has 0 fully saturated rings. The van der Waals surface area contributed by atoms with E-state index in [2.05, 4.69) is 26.1 Å². The lowest BCUT2D eigenvalue weighted by Gasteiger charge is -2.32. The molecule has 0 bridgehead atoms. The molecule has 0 saturated carbocycles. The summed E-state index contributed by atoms with van der Waals surface area (Å²) in [6, 6.07) is 5.15. The normalized spacial score (nSPS) is 24.7. The molecule has 0 unspecified atom stereocenters. The van der Waals surface area contributed by atoms with Crippen molar-refractivity contribution in [3.05, 3.63) is 35.1 Å². The van der Waals surface area contributed by atoms with Gasteiger partial charge in [-0.15, -0.1) is 0 Å². The summed E-state index contributed by atoms with van der Waals surface area (Å²) < 4.78 is 19.0. The zero-order valence-corrected chi connectivity index (χ0v) is 10.7. The maximum atomic E-state index is 13.1. The number of ether oxygens (including phenoxy) is 1. The molecule has 0 saturated heterocycles. The highest BCUT2D eigenvalue weighted by Gasteiger charge is 2.40. The van der Waals surface area contributed by atoms with Crippen molar-refractivity contribution in [1.29, 1.82) is 0 Å². The van der Waals surface area contributed by atoms with Crippen LogP contribution in [0.4, 0.5) is 4.39 Å². The summed E-state index contributed by atoms with van der Waals surface area (Å²) in [6.45, 7) is 7.80. The minimum atomic E-state index is -0.349. The van der Waals surface area contributed by atoms with E-state index < -0.39 is 0 Å². The Kier molecular flexibility index (Phi) is 3.50. The summed E-state index contributed by atoms with van der Waals surface area (Å²) in [7, 11) is 0.